The number of carbonyl (C=O) groups is 1. The molecule has 0 atom stereocenters. The van der Waals surface area contributed by atoms with E-state index in [0.29, 0.717) is 17.0 Å². The van der Waals surface area contributed by atoms with E-state index in [4.69, 9.17) is 9.26 Å². The zero-order valence-corrected chi connectivity index (χ0v) is 12.3. The number of aromatic nitrogens is 3. The Kier molecular flexibility index (Phi) is 3.74. The summed E-state index contributed by atoms with van der Waals surface area (Å²) >= 11 is 0. The van der Waals surface area contributed by atoms with E-state index >= 15 is 0 Å². The largest absolute Gasteiger partial charge is 0.455 e. The van der Waals surface area contributed by atoms with Crippen LogP contribution in [0, 0.1) is 13.8 Å². The standard InChI is InChI=1S/C16H15N3O3/c1-11-8-13(18-22-11)10-21-16(20)15-9-17-19(12(15)2)14-6-4-3-5-7-14/h3-9H,10H2,1-2H3. The van der Waals surface area contributed by atoms with E-state index in [1.54, 1.807) is 17.7 Å². The molecule has 6 heteroatoms. The van der Waals surface area contributed by atoms with Crippen molar-refractivity contribution in [2.24, 2.45) is 0 Å². The van der Waals surface area contributed by atoms with Crippen LogP contribution in [0.2, 0.25) is 0 Å². The lowest BCUT2D eigenvalue weighted by molar-refractivity contribution is 0.0463. The van der Waals surface area contributed by atoms with Crippen molar-refractivity contribution in [3.05, 3.63) is 65.3 Å². The summed E-state index contributed by atoms with van der Waals surface area (Å²) in [5.41, 5.74) is 2.64. The molecular formula is C16H15N3O3. The molecule has 0 aliphatic heterocycles. The lowest BCUT2D eigenvalue weighted by atomic mass is 10.2. The predicted molar refractivity (Wildman–Crippen MR) is 78.7 cm³/mol. The summed E-state index contributed by atoms with van der Waals surface area (Å²) in [6.07, 6.45) is 1.51. The molecule has 0 saturated carbocycles. The van der Waals surface area contributed by atoms with Gasteiger partial charge < -0.3 is 9.26 Å². The Labute approximate surface area is 127 Å². The van der Waals surface area contributed by atoms with Gasteiger partial charge in [-0.1, -0.05) is 23.4 Å². The van der Waals surface area contributed by atoms with Gasteiger partial charge in [0.2, 0.25) is 0 Å². The van der Waals surface area contributed by atoms with Crippen LogP contribution in [0.5, 0.6) is 0 Å². The van der Waals surface area contributed by atoms with Crippen LogP contribution in [-0.2, 0) is 11.3 Å². The van der Waals surface area contributed by atoms with Crippen molar-refractivity contribution in [3.8, 4) is 5.69 Å². The Balaban J connectivity index is 1.75. The fourth-order valence-corrected chi connectivity index (χ4v) is 2.14. The van der Waals surface area contributed by atoms with Gasteiger partial charge in [0.15, 0.2) is 0 Å². The molecule has 0 saturated heterocycles. The van der Waals surface area contributed by atoms with Crippen LogP contribution in [0.1, 0.15) is 27.5 Å². The first-order valence-electron chi connectivity index (χ1n) is 6.84. The second kappa shape index (κ2) is 5.85. The number of hydrogen-bond donors (Lipinski definition) is 0. The first kappa shape index (κ1) is 14.1. The number of esters is 1. The minimum atomic E-state index is -0.430. The lowest BCUT2D eigenvalue weighted by Crippen LogP contribution is -2.07. The molecule has 3 aromatic rings. The van der Waals surface area contributed by atoms with Crippen molar-refractivity contribution in [1.29, 1.82) is 0 Å². The number of hydrogen-bond acceptors (Lipinski definition) is 5. The summed E-state index contributed by atoms with van der Waals surface area (Å²) < 4.78 is 11.9. The Morgan fingerprint density at radius 2 is 2.05 bits per heavy atom. The van der Waals surface area contributed by atoms with Gasteiger partial charge in [0.1, 0.15) is 23.6 Å². The van der Waals surface area contributed by atoms with Crippen molar-refractivity contribution < 1.29 is 14.1 Å². The molecule has 0 N–H and O–H groups in total. The summed E-state index contributed by atoms with van der Waals surface area (Å²) in [6, 6.07) is 11.3. The van der Waals surface area contributed by atoms with Gasteiger partial charge in [0, 0.05) is 6.07 Å². The van der Waals surface area contributed by atoms with Gasteiger partial charge in [0.25, 0.3) is 0 Å². The Morgan fingerprint density at radius 3 is 2.73 bits per heavy atom. The first-order valence-corrected chi connectivity index (χ1v) is 6.84. The zero-order chi connectivity index (χ0) is 15.5. The van der Waals surface area contributed by atoms with Crippen LogP contribution in [-0.4, -0.2) is 20.9 Å². The maximum absolute atomic E-state index is 12.2. The van der Waals surface area contributed by atoms with E-state index in [-0.39, 0.29) is 6.61 Å². The average Bonchev–Trinajstić information content (AvgIpc) is 3.12. The minimum absolute atomic E-state index is 0.0755. The molecule has 0 fully saturated rings. The van der Waals surface area contributed by atoms with E-state index in [0.717, 1.165) is 11.4 Å². The molecule has 0 unspecified atom stereocenters. The van der Waals surface area contributed by atoms with Crippen molar-refractivity contribution in [3.63, 3.8) is 0 Å². The number of carbonyl (C=O) groups excluding carboxylic acids is 1. The fraction of sp³-hybridized carbons (Fsp3) is 0.188. The Hall–Kier alpha value is -2.89. The summed E-state index contributed by atoms with van der Waals surface area (Å²) in [5.74, 6) is 0.250. The fourth-order valence-electron chi connectivity index (χ4n) is 2.14. The highest BCUT2D eigenvalue weighted by Crippen LogP contribution is 2.15. The molecule has 3 rings (SSSR count). The third-order valence-electron chi connectivity index (χ3n) is 3.26. The molecule has 0 amide bonds. The van der Waals surface area contributed by atoms with Crippen molar-refractivity contribution in [1.82, 2.24) is 14.9 Å². The van der Waals surface area contributed by atoms with Gasteiger partial charge in [-0.05, 0) is 26.0 Å². The van der Waals surface area contributed by atoms with Crippen molar-refractivity contribution >= 4 is 5.97 Å². The summed E-state index contributed by atoms with van der Waals surface area (Å²) in [4.78, 5) is 12.2. The van der Waals surface area contributed by atoms with Gasteiger partial charge in [-0.3, -0.25) is 0 Å². The molecule has 1 aromatic carbocycles. The first-order chi connectivity index (χ1) is 10.6. The monoisotopic (exact) mass is 297 g/mol. The molecule has 2 heterocycles. The number of aryl methyl sites for hydroxylation is 1. The molecule has 112 valence electrons. The second-order valence-corrected chi connectivity index (χ2v) is 4.90. The summed E-state index contributed by atoms with van der Waals surface area (Å²) in [7, 11) is 0. The van der Waals surface area contributed by atoms with Crippen LogP contribution < -0.4 is 0 Å². The number of para-hydroxylation sites is 1. The highest BCUT2D eigenvalue weighted by Gasteiger charge is 2.17. The number of benzene rings is 1. The molecule has 0 aliphatic carbocycles. The molecule has 0 aliphatic rings. The normalized spacial score (nSPS) is 10.6. The van der Waals surface area contributed by atoms with E-state index in [1.165, 1.54) is 6.20 Å². The highest BCUT2D eigenvalue weighted by atomic mass is 16.5. The van der Waals surface area contributed by atoms with E-state index in [9.17, 15) is 4.79 Å². The quantitative estimate of drug-likeness (QED) is 0.692. The smallest absolute Gasteiger partial charge is 0.342 e. The van der Waals surface area contributed by atoms with Crippen LogP contribution in [0.15, 0.2) is 47.1 Å². The molecule has 0 spiro atoms. The molecule has 0 bridgehead atoms. The minimum Gasteiger partial charge on any atom is -0.455 e. The van der Waals surface area contributed by atoms with Crippen LogP contribution in [0.4, 0.5) is 0 Å². The average molecular weight is 297 g/mol. The zero-order valence-electron chi connectivity index (χ0n) is 12.3. The van der Waals surface area contributed by atoms with E-state index in [1.807, 2.05) is 37.3 Å². The van der Waals surface area contributed by atoms with Crippen LogP contribution in [0.25, 0.3) is 5.69 Å². The maximum atomic E-state index is 12.2. The van der Waals surface area contributed by atoms with Gasteiger partial charge in [-0.2, -0.15) is 5.10 Å². The molecular weight excluding hydrogens is 282 g/mol. The van der Waals surface area contributed by atoms with Crippen molar-refractivity contribution in [2.75, 3.05) is 0 Å². The SMILES string of the molecule is Cc1cc(COC(=O)c2cnn(-c3ccccc3)c2C)no1. The number of ether oxygens (including phenoxy) is 1. The lowest BCUT2D eigenvalue weighted by Gasteiger charge is -2.05. The molecule has 22 heavy (non-hydrogen) atoms. The highest BCUT2D eigenvalue weighted by molar-refractivity contribution is 5.90. The summed E-state index contributed by atoms with van der Waals surface area (Å²) in [5, 5.41) is 8.03. The Bertz CT molecular complexity index is 790. The molecule has 0 radical (unpaired) electrons. The molecule has 2 aromatic heterocycles. The Morgan fingerprint density at radius 1 is 1.27 bits per heavy atom. The van der Waals surface area contributed by atoms with Gasteiger partial charge >= 0.3 is 5.97 Å². The van der Waals surface area contributed by atoms with Crippen LogP contribution >= 0.6 is 0 Å². The number of rotatable bonds is 4. The van der Waals surface area contributed by atoms with Gasteiger partial charge in [0.05, 0.1) is 17.6 Å². The summed E-state index contributed by atoms with van der Waals surface area (Å²) in [6.45, 7) is 3.69. The predicted octanol–water partition coefficient (Wildman–Crippen LogP) is 2.83. The maximum Gasteiger partial charge on any atom is 0.342 e. The van der Waals surface area contributed by atoms with E-state index in [2.05, 4.69) is 10.3 Å². The van der Waals surface area contributed by atoms with E-state index < -0.39 is 5.97 Å². The van der Waals surface area contributed by atoms with Crippen LogP contribution in [0.3, 0.4) is 0 Å². The second-order valence-electron chi connectivity index (χ2n) is 4.90. The number of nitrogens with zero attached hydrogens (tertiary/aromatic N) is 3. The van der Waals surface area contributed by atoms with Crippen molar-refractivity contribution in [2.45, 2.75) is 20.5 Å². The third-order valence-corrected chi connectivity index (χ3v) is 3.26. The van der Waals surface area contributed by atoms with Gasteiger partial charge in [-0.25, -0.2) is 9.48 Å². The molecule has 6 nitrogen and oxygen atoms in total. The van der Waals surface area contributed by atoms with Gasteiger partial charge in [-0.15, -0.1) is 0 Å². The topological polar surface area (TPSA) is 70.2 Å². The third kappa shape index (κ3) is 2.76.